The topological polar surface area (TPSA) is 32.9 Å². The zero-order valence-corrected chi connectivity index (χ0v) is 11.0. The Morgan fingerprint density at radius 2 is 1.68 bits per heavy atom. The first-order chi connectivity index (χ1) is 9.18. The highest BCUT2D eigenvalue weighted by Gasteiger charge is 2.15. The molecular formula is C17H15NO. The molecule has 1 aromatic heterocycles. The van der Waals surface area contributed by atoms with Crippen molar-refractivity contribution in [3.8, 4) is 0 Å². The monoisotopic (exact) mass is 249 g/mol. The molecule has 0 spiro atoms. The van der Waals surface area contributed by atoms with Gasteiger partial charge < -0.3 is 4.98 Å². The lowest BCUT2D eigenvalue weighted by Gasteiger charge is -2.04. The summed E-state index contributed by atoms with van der Waals surface area (Å²) in [4.78, 5) is 15.9. The van der Waals surface area contributed by atoms with Gasteiger partial charge in [-0.1, -0.05) is 42.5 Å². The standard InChI is InChI=1S/C17H15NO/c1-11-12(2)18-15-10-6-9-14(16(11)15)17(19)13-7-4-3-5-8-13/h3-10,18H,1-2H3. The summed E-state index contributed by atoms with van der Waals surface area (Å²) >= 11 is 0. The number of rotatable bonds is 2. The van der Waals surface area contributed by atoms with Gasteiger partial charge in [0.15, 0.2) is 5.78 Å². The molecule has 1 heterocycles. The van der Waals surface area contributed by atoms with Crippen molar-refractivity contribution in [3.63, 3.8) is 0 Å². The predicted octanol–water partition coefficient (Wildman–Crippen LogP) is 4.02. The second-order valence-corrected chi connectivity index (χ2v) is 4.80. The summed E-state index contributed by atoms with van der Waals surface area (Å²) < 4.78 is 0. The van der Waals surface area contributed by atoms with Crippen molar-refractivity contribution in [3.05, 3.63) is 70.9 Å². The third kappa shape index (κ3) is 1.85. The minimum atomic E-state index is 0.0771. The first kappa shape index (κ1) is 11.7. The van der Waals surface area contributed by atoms with Crippen LogP contribution in [0, 0.1) is 13.8 Å². The van der Waals surface area contributed by atoms with Gasteiger partial charge in [-0.15, -0.1) is 0 Å². The van der Waals surface area contributed by atoms with Crippen LogP contribution >= 0.6 is 0 Å². The summed E-state index contributed by atoms with van der Waals surface area (Å²) in [7, 11) is 0. The van der Waals surface area contributed by atoms with Gasteiger partial charge in [0.1, 0.15) is 0 Å². The number of aromatic nitrogens is 1. The molecule has 0 bridgehead atoms. The zero-order valence-electron chi connectivity index (χ0n) is 11.0. The van der Waals surface area contributed by atoms with Gasteiger partial charge in [0.25, 0.3) is 0 Å². The molecule has 3 rings (SSSR count). The van der Waals surface area contributed by atoms with E-state index >= 15 is 0 Å². The highest BCUT2D eigenvalue weighted by molar-refractivity contribution is 6.16. The first-order valence-electron chi connectivity index (χ1n) is 6.36. The van der Waals surface area contributed by atoms with Crippen molar-refractivity contribution in [2.24, 2.45) is 0 Å². The van der Waals surface area contributed by atoms with Crippen molar-refractivity contribution in [2.75, 3.05) is 0 Å². The molecule has 0 radical (unpaired) electrons. The first-order valence-corrected chi connectivity index (χ1v) is 6.36. The predicted molar refractivity (Wildman–Crippen MR) is 77.6 cm³/mol. The van der Waals surface area contributed by atoms with Gasteiger partial charge in [0.05, 0.1) is 0 Å². The molecular weight excluding hydrogens is 234 g/mol. The SMILES string of the molecule is Cc1[nH]c2cccc(C(=O)c3ccccc3)c2c1C. The third-order valence-corrected chi connectivity index (χ3v) is 3.60. The maximum Gasteiger partial charge on any atom is 0.193 e. The van der Waals surface area contributed by atoms with E-state index in [-0.39, 0.29) is 5.78 Å². The van der Waals surface area contributed by atoms with E-state index in [1.807, 2.05) is 55.5 Å². The molecule has 0 saturated carbocycles. The van der Waals surface area contributed by atoms with Gasteiger partial charge in [0.2, 0.25) is 0 Å². The zero-order chi connectivity index (χ0) is 13.4. The lowest BCUT2D eigenvalue weighted by atomic mass is 9.98. The number of aromatic amines is 1. The van der Waals surface area contributed by atoms with Crippen LogP contribution in [0.5, 0.6) is 0 Å². The van der Waals surface area contributed by atoms with E-state index in [0.29, 0.717) is 0 Å². The van der Waals surface area contributed by atoms with Crippen molar-refractivity contribution in [2.45, 2.75) is 13.8 Å². The number of hydrogen-bond acceptors (Lipinski definition) is 1. The fraction of sp³-hybridized carbons (Fsp3) is 0.118. The number of hydrogen-bond donors (Lipinski definition) is 1. The van der Waals surface area contributed by atoms with Crippen LogP contribution in [-0.2, 0) is 0 Å². The highest BCUT2D eigenvalue weighted by atomic mass is 16.1. The van der Waals surface area contributed by atoms with E-state index in [1.165, 1.54) is 0 Å². The molecule has 1 N–H and O–H groups in total. The summed E-state index contributed by atoms with van der Waals surface area (Å²) in [5.41, 5.74) is 4.79. The number of aryl methyl sites for hydroxylation is 2. The van der Waals surface area contributed by atoms with Crippen LogP contribution in [0.1, 0.15) is 27.2 Å². The number of H-pyrrole nitrogens is 1. The smallest absolute Gasteiger partial charge is 0.193 e. The lowest BCUT2D eigenvalue weighted by molar-refractivity contribution is 0.104. The maximum absolute atomic E-state index is 12.6. The fourth-order valence-corrected chi connectivity index (χ4v) is 2.48. The van der Waals surface area contributed by atoms with Crippen LogP contribution in [-0.4, -0.2) is 10.8 Å². The minimum absolute atomic E-state index is 0.0771. The van der Waals surface area contributed by atoms with Crippen molar-refractivity contribution < 1.29 is 4.79 Å². The molecule has 0 aliphatic rings. The third-order valence-electron chi connectivity index (χ3n) is 3.60. The molecule has 19 heavy (non-hydrogen) atoms. The number of fused-ring (bicyclic) bond motifs is 1. The van der Waals surface area contributed by atoms with Crippen LogP contribution in [0.25, 0.3) is 10.9 Å². The Morgan fingerprint density at radius 1 is 0.947 bits per heavy atom. The quantitative estimate of drug-likeness (QED) is 0.684. The van der Waals surface area contributed by atoms with Gasteiger partial charge in [0, 0.05) is 27.7 Å². The number of nitrogens with one attached hydrogen (secondary N) is 1. The van der Waals surface area contributed by atoms with Crippen molar-refractivity contribution in [1.29, 1.82) is 0 Å². The van der Waals surface area contributed by atoms with E-state index in [2.05, 4.69) is 11.9 Å². The largest absolute Gasteiger partial charge is 0.358 e. The number of carbonyl (C=O) groups is 1. The molecule has 2 heteroatoms. The Morgan fingerprint density at radius 3 is 2.42 bits per heavy atom. The summed E-state index contributed by atoms with van der Waals surface area (Å²) in [5, 5.41) is 1.04. The van der Waals surface area contributed by atoms with Crippen molar-refractivity contribution >= 4 is 16.7 Å². The van der Waals surface area contributed by atoms with Gasteiger partial charge >= 0.3 is 0 Å². The second kappa shape index (κ2) is 4.39. The molecule has 0 aliphatic carbocycles. The Bertz CT molecular complexity index is 754. The molecule has 0 unspecified atom stereocenters. The van der Waals surface area contributed by atoms with Gasteiger partial charge in [-0.05, 0) is 25.5 Å². The molecule has 3 aromatic rings. The van der Waals surface area contributed by atoms with Gasteiger partial charge in [-0.2, -0.15) is 0 Å². The average molecular weight is 249 g/mol. The van der Waals surface area contributed by atoms with Gasteiger partial charge in [-0.3, -0.25) is 4.79 Å². The Labute approximate surface area is 112 Å². The summed E-state index contributed by atoms with van der Waals surface area (Å²) in [6, 6.07) is 15.3. The van der Waals surface area contributed by atoms with Crippen LogP contribution in [0.2, 0.25) is 0 Å². The molecule has 0 fully saturated rings. The normalized spacial score (nSPS) is 10.8. The van der Waals surface area contributed by atoms with Crippen molar-refractivity contribution in [1.82, 2.24) is 4.98 Å². The second-order valence-electron chi connectivity index (χ2n) is 4.80. The van der Waals surface area contributed by atoms with Crippen LogP contribution in [0.15, 0.2) is 48.5 Å². The molecule has 0 atom stereocenters. The Kier molecular flexibility index (Phi) is 2.71. The number of ketones is 1. The Hall–Kier alpha value is -2.35. The number of carbonyl (C=O) groups excluding carboxylic acids is 1. The van der Waals surface area contributed by atoms with E-state index < -0.39 is 0 Å². The summed E-state index contributed by atoms with van der Waals surface area (Å²) in [6.45, 7) is 4.09. The van der Waals surface area contributed by atoms with E-state index in [0.717, 1.165) is 33.3 Å². The van der Waals surface area contributed by atoms with E-state index in [9.17, 15) is 4.79 Å². The molecule has 0 aliphatic heterocycles. The van der Waals surface area contributed by atoms with Crippen LogP contribution < -0.4 is 0 Å². The minimum Gasteiger partial charge on any atom is -0.358 e. The summed E-state index contributed by atoms with van der Waals surface area (Å²) in [6.07, 6.45) is 0. The molecule has 0 saturated heterocycles. The van der Waals surface area contributed by atoms with Gasteiger partial charge in [-0.25, -0.2) is 0 Å². The number of benzene rings is 2. The van der Waals surface area contributed by atoms with E-state index in [4.69, 9.17) is 0 Å². The average Bonchev–Trinajstić information content (AvgIpc) is 2.74. The highest BCUT2D eigenvalue weighted by Crippen LogP contribution is 2.26. The summed E-state index contributed by atoms with van der Waals surface area (Å²) in [5.74, 6) is 0.0771. The molecule has 94 valence electrons. The molecule has 0 amide bonds. The maximum atomic E-state index is 12.6. The van der Waals surface area contributed by atoms with Crippen LogP contribution in [0.4, 0.5) is 0 Å². The fourth-order valence-electron chi connectivity index (χ4n) is 2.48. The Balaban J connectivity index is 2.23. The molecule has 2 aromatic carbocycles. The van der Waals surface area contributed by atoms with Crippen LogP contribution in [0.3, 0.4) is 0 Å². The van der Waals surface area contributed by atoms with E-state index in [1.54, 1.807) is 0 Å². The lowest BCUT2D eigenvalue weighted by Crippen LogP contribution is -2.01. The molecule has 2 nitrogen and oxygen atoms in total.